The molecule has 0 unspecified atom stereocenters. The Balaban J connectivity index is 2.43. The quantitative estimate of drug-likeness (QED) is 0.508. The minimum absolute atomic E-state index is 0.0730. The Morgan fingerprint density at radius 2 is 1.93 bits per heavy atom. The molecule has 0 aromatic rings. The molecule has 1 fully saturated rings. The van der Waals surface area contributed by atoms with Crippen molar-refractivity contribution in [3.05, 3.63) is 0 Å². The zero-order valence-corrected chi connectivity index (χ0v) is 8.92. The van der Waals surface area contributed by atoms with E-state index >= 15 is 0 Å². The predicted molar refractivity (Wildman–Crippen MR) is 56.1 cm³/mol. The van der Waals surface area contributed by atoms with Crippen LogP contribution < -0.4 is 5.73 Å². The topological polar surface area (TPSA) is 70.2 Å². The lowest BCUT2D eigenvalue weighted by Gasteiger charge is -2.32. The number of hydrogen-bond acceptors (Lipinski definition) is 2. The number of amides is 1. The first kappa shape index (κ1) is 11.0. The molecule has 1 amide bonds. The van der Waals surface area contributed by atoms with Crippen LogP contribution in [0.15, 0.2) is 0 Å². The average molecular weight is 197 g/mol. The SMILES string of the molecule is CC(C)C(=O)N1CCC(C(=N)N)CC1. The van der Waals surface area contributed by atoms with E-state index in [1.54, 1.807) is 0 Å². The summed E-state index contributed by atoms with van der Waals surface area (Å²) in [6.07, 6.45) is 1.68. The largest absolute Gasteiger partial charge is 0.387 e. The van der Waals surface area contributed by atoms with E-state index in [0.29, 0.717) is 0 Å². The zero-order valence-electron chi connectivity index (χ0n) is 8.92. The van der Waals surface area contributed by atoms with Gasteiger partial charge in [-0.1, -0.05) is 13.8 Å². The van der Waals surface area contributed by atoms with Crippen molar-refractivity contribution in [3.8, 4) is 0 Å². The summed E-state index contributed by atoms with van der Waals surface area (Å²) in [4.78, 5) is 13.5. The number of piperidine rings is 1. The lowest BCUT2D eigenvalue weighted by Crippen LogP contribution is -2.43. The molecule has 1 rings (SSSR count). The second-order valence-corrected chi connectivity index (χ2v) is 4.21. The van der Waals surface area contributed by atoms with Crippen LogP contribution in [0, 0.1) is 17.2 Å². The molecule has 0 radical (unpaired) electrons. The van der Waals surface area contributed by atoms with Crippen LogP contribution in [0.2, 0.25) is 0 Å². The summed E-state index contributed by atoms with van der Waals surface area (Å²) >= 11 is 0. The number of hydrogen-bond donors (Lipinski definition) is 2. The Bertz CT molecular complexity index is 230. The first-order valence-electron chi connectivity index (χ1n) is 5.15. The van der Waals surface area contributed by atoms with Gasteiger partial charge in [0.05, 0.1) is 5.84 Å². The lowest BCUT2D eigenvalue weighted by molar-refractivity contribution is -0.135. The average Bonchev–Trinajstić information content (AvgIpc) is 2.16. The molecule has 3 N–H and O–H groups in total. The maximum atomic E-state index is 11.6. The van der Waals surface area contributed by atoms with Gasteiger partial charge in [0, 0.05) is 24.9 Å². The fourth-order valence-electron chi connectivity index (χ4n) is 1.78. The Kier molecular flexibility index (Phi) is 3.49. The number of rotatable bonds is 2. The van der Waals surface area contributed by atoms with Gasteiger partial charge < -0.3 is 10.6 Å². The molecule has 14 heavy (non-hydrogen) atoms. The van der Waals surface area contributed by atoms with E-state index in [0.717, 1.165) is 25.9 Å². The van der Waals surface area contributed by atoms with Crippen LogP contribution in [-0.4, -0.2) is 29.7 Å². The Labute approximate surface area is 85.0 Å². The Morgan fingerprint density at radius 3 is 2.29 bits per heavy atom. The molecule has 80 valence electrons. The maximum Gasteiger partial charge on any atom is 0.225 e. The van der Waals surface area contributed by atoms with Crippen molar-refractivity contribution in [1.29, 1.82) is 5.41 Å². The van der Waals surface area contributed by atoms with E-state index in [1.165, 1.54) is 0 Å². The number of carbonyl (C=O) groups excluding carboxylic acids is 1. The van der Waals surface area contributed by atoms with Crippen LogP contribution in [0.5, 0.6) is 0 Å². The third-order valence-electron chi connectivity index (χ3n) is 2.74. The summed E-state index contributed by atoms with van der Waals surface area (Å²) in [6, 6.07) is 0. The summed E-state index contributed by atoms with van der Waals surface area (Å²) in [5, 5.41) is 7.32. The summed E-state index contributed by atoms with van der Waals surface area (Å²) in [7, 11) is 0. The smallest absolute Gasteiger partial charge is 0.225 e. The first-order chi connectivity index (χ1) is 6.52. The number of nitrogens with one attached hydrogen (secondary N) is 1. The molecule has 0 spiro atoms. The van der Waals surface area contributed by atoms with E-state index < -0.39 is 0 Å². The van der Waals surface area contributed by atoms with Crippen molar-refractivity contribution >= 4 is 11.7 Å². The summed E-state index contributed by atoms with van der Waals surface area (Å²) in [5.41, 5.74) is 5.43. The highest BCUT2D eigenvalue weighted by Crippen LogP contribution is 2.18. The number of likely N-dealkylation sites (tertiary alicyclic amines) is 1. The molecule has 0 aromatic heterocycles. The minimum atomic E-state index is 0.0730. The Morgan fingerprint density at radius 1 is 1.43 bits per heavy atom. The third kappa shape index (κ3) is 2.47. The molecule has 0 saturated carbocycles. The van der Waals surface area contributed by atoms with E-state index in [2.05, 4.69) is 0 Å². The molecular weight excluding hydrogens is 178 g/mol. The zero-order chi connectivity index (χ0) is 10.7. The Hall–Kier alpha value is -1.06. The highest BCUT2D eigenvalue weighted by Gasteiger charge is 2.25. The second-order valence-electron chi connectivity index (χ2n) is 4.21. The van der Waals surface area contributed by atoms with Crippen molar-refractivity contribution in [2.24, 2.45) is 17.6 Å². The lowest BCUT2D eigenvalue weighted by atomic mass is 9.95. The molecule has 1 aliphatic heterocycles. The second kappa shape index (κ2) is 4.44. The van der Waals surface area contributed by atoms with Gasteiger partial charge in [-0.05, 0) is 12.8 Å². The normalized spacial score (nSPS) is 18.6. The van der Waals surface area contributed by atoms with Gasteiger partial charge >= 0.3 is 0 Å². The molecule has 1 heterocycles. The summed E-state index contributed by atoms with van der Waals surface area (Å²) in [6.45, 7) is 5.33. The summed E-state index contributed by atoms with van der Waals surface area (Å²) in [5.74, 6) is 0.740. The van der Waals surface area contributed by atoms with Gasteiger partial charge in [0.1, 0.15) is 0 Å². The fourth-order valence-corrected chi connectivity index (χ4v) is 1.78. The highest BCUT2D eigenvalue weighted by atomic mass is 16.2. The van der Waals surface area contributed by atoms with Gasteiger partial charge in [-0.15, -0.1) is 0 Å². The van der Waals surface area contributed by atoms with Crippen molar-refractivity contribution < 1.29 is 4.79 Å². The monoisotopic (exact) mass is 197 g/mol. The minimum Gasteiger partial charge on any atom is -0.387 e. The molecule has 0 aliphatic carbocycles. The van der Waals surface area contributed by atoms with Crippen LogP contribution >= 0.6 is 0 Å². The van der Waals surface area contributed by atoms with Gasteiger partial charge in [-0.25, -0.2) is 0 Å². The number of carbonyl (C=O) groups is 1. The van der Waals surface area contributed by atoms with Crippen LogP contribution in [0.4, 0.5) is 0 Å². The van der Waals surface area contributed by atoms with Gasteiger partial charge in [-0.3, -0.25) is 10.2 Å². The van der Waals surface area contributed by atoms with Gasteiger partial charge in [0.2, 0.25) is 5.91 Å². The van der Waals surface area contributed by atoms with Crippen molar-refractivity contribution in [3.63, 3.8) is 0 Å². The van der Waals surface area contributed by atoms with Crippen molar-refractivity contribution in [1.82, 2.24) is 4.90 Å². The van der Waals surface area contributed by atoms with Gasteiger partial charge in [0.15, 0.2) is 0 Å². The predicted octanol–water partition coefficient (Wildman–Crippen LogP) is 0.817. The maximum absolute atomic E-state index is 11.6. The van der Waals surface area contributed by atoms with Gasteiger partial charge in [-0.2, -0.15) is 0 Å². The van der Waals surface area contributed by atoms with E-state index in [1.807, 2.05) is 18.7 Å². The third-order valence-corrected chi connectivity index (χ3v) is 2.74. The number of nitrogens with two attached hydrogens (primary N) is 1. The van der Waals surface area contributed by atoms with Crippen LogP contribution in [0.1, 0.15) is 26.7 Å². The fraction of sp³-hybridized carbons (Fsp3) is 0.800. The number of amidine groups is 1. The van der Waals surface area contributed by atoms with Crippen molar-refractivity contribution in [2.45, 2.75) is 26.7 Å². The van der Waals surface area contributed by atoms with Gasteiger partial charge in [0.25, 0.3) is 0 Å². The first-order valence-corrected chi connectivity index (χ1v) is 5.15. The molecule has 0 bridgehead atoms. The molecule has 1 aliphatic rings. The molecule has 0 atom stereocenters. The molecule has 1 saturated heterocycles. The molecule has 0 aromatic carbocycles. The van der Waals surface area contributed by atoms with Crippen LogP contribution in [0.25, 0.3) is 0 Å². The summed E-state index contributed by atoms with van der Waals surface area (Å²) < 4.78 is 0. The molecule has 4 nitrogen and oxygen atoms in total. The highest BCUT2D eigenvalue weighted by molar-refractivity contribution is 5.81. The van der Waals surface area contributed by atoms with E-state index in [4.69, 9.17) is 11.1 Å². The molecule has 4 heteroatoms. The van der Waals surface area contributed by atoms with E-state index in [9.17, 15) is 4.79 Å². The van der Waals surface area contributed by atoms with Crippen LogP contribution in [0.3, 0.4) is 0 Å². The number of nitrogens with zero attached hydrogens (tertiary/aromatic N) is 1. The van der Waals surface area contributed by atoms with Crippen molar-refractivity contribution in [2.75, 3.05) is 13.1 Å². The standard InChI is InChI=1S/C10H19N3O/c1-7(2)10(14)13-5-3-8(4-6-13)9(11)12/h7-8H,3-6H2,1-2H3,(H3,11,12). The van der Waals surface area contributed by atoms with Crippen LogP contribution in [-0.2, 0) is 4.79 Å². The van der Waals surface area contributed by atoms with E-state index in [-0.39, 0.29) is 23.6 Å². The molecular formula is C10H19N3O.